The molecule has 3 nitrogen and oxygen atoms in total. The predicted octanol–water partition coefficient (Wildman–Crippen LogP) is 2.98. The minimum Gasteiger partial charge on any atom is -0.492 e. The molecule has 1 fully saturated rings. The van der Waals surface area contributed by atoms with Gasteiger partial charge in [0, 0.05) is 12.6 Å². The van der Waals surface area contributed by atoms with Crippen LogP contribution >= 0.6 is 0 Å². The van der Waals surface area contributed by atoms with E-state index in [9.17, 15) is 0 Å². The van der Waals surface area contributed by atoms with Gasteiger partial charge in [-0.15, -0.1) is 0 Å². The van der Waals surface area contributed by atoms with Gasteiger partial charge in [0.15, 0.2) is 0 Å². The molecule has 1 saturated heterocycles. The summed E-state index contributed by atoms with van der Waals surface area (Å²) in [5, 5.41) is 3.51. The highest BCUT2D eigenvalue weighted by Gasteiger charge is 2.15. The molecule has 1 unspecified atom stereocenters. The largest absolute Gasteiger partial charge is 0.492 e. The van der Waals surface area contributed by atoms with Crippen molar-refractivity contribution in [3.8, 4) is 5.75 Å². The van der Waals surface area contributed by atoms with E-state index in [0.29, 0.717) is 12.6 Å². The SMILES string of the molecule is CCOc1cc(C)ccc1NC1CCCOC1. The second-order valence-corrected chi connectivity index (χ2v) is 4.49. The molecule has 0 radical (unpaired) electrons. The van der Waals surface area contributed by atoms with Crippen molar-refractivity contribution in [2.45, 2.75) is 32.7 Å². The van der Waals surface area contributed by atoms with E-state index >= 15 is 0 Å². The maximum absolute atomic E-state index is 5.66. The van der Waals surface area contributed by atoms with Gasteiger partial charge in [-0.25, -0.2) is 0 Å². The smallest absolute Gasteiger partial charge is 0.142 e. The minimum atomic E-state index is 0.408. The third-order valence-electron chi connectivity index (χ3n) is 2.96. The predicted molar refractivity (Wildman–Crippen MR) is 69.8 cm³/mol. The van der Waals surface area contributed by atoms with Crippen molar-refractivity contribution in [2.24, 2.45) is 0 Å². The molecule has 0 bridgehead atoms. The van der Waals surface area contributed by atoms with Gasteiger partial charge >= 0.3 is 0 Å². The molecule has 1 atom stereocenters. The summed E-state index contributed by atoms with van der Waals surface area (Å²) < 4.78 is 11.1. The summed E-state index contributed by atoms with van der Waals surface area (Å²) in [6, 6.07) is 6.68. The Labute approximate surface area is 103 Å². The third-order valence-corrected chi connectivity index (χ3v) is 2.96. The maximum atomic E-state index is 5.66. The lowest BCUT2D eigenvalue weighted by Gasteiger charge is -2.25. The number of nitrogens with one attached hydrogen (secondary N) is 1. The van der Waals surface area contributed by atoms with E-state index in [2.05, 4.69) is 30.4 Å². The molecule has 0 saturated carbocycles. The maximum Gasteiger partial charge on any atom is 0.142 e. The Morgan fingerprint density at radius 2 is 2.35 bits per heavy atom. The Bertz CT molecular complexity index is 359. The van der Waals surface area contributed by atoms with Crippen LogP contribution < -0.4 is 10.1 Å². The Balaban J connectivity index is 2.07. The summed E-state index contributed by atoms with van der Waals surface area (Å²) in [4.78, 5) is 0. The average molecular weight is 235 g/mol. The van der Waals surface area contributed by atoms with Gasteiger partial charge in [-0.05, 0) is 44.4 Å². The van der Waals surface area contributed by atoms with Gasteiger partial charge in [0.1, 0.15) is 5.75 Å². The highest BCUT2D eigenvalue weighted by atomic mass is 16.5. The summed E-state index contributed by atoms with van der Waals surface area (Å²) >= 11 is 0. The van der Waals surface area contributed by atoms with Crippen LogP contribution in [0.25, 0.3) is 0 Å². The lowest BCUT2D eigenvalue weighted by molar-refractivity contribution is 0.0875. The van der Waals surface area contributed by atoms with Crippen molar-refractivity contribution in [1.29, 1.82) is 0 Å². The molecular formula is C14H21NO2. The first-order chi connectivity index (χ1) is 8.29. The number of anilines is 1. The fourth-order valence-corrected chi connectivity index (χ4v) is 2.10. The average Bonchev–Trinajstić information content (AvgIpc) is 2.34. The molecule has 17 heavy (non-hydrogen) atoms. The number of hydrogen-bond donors (Lipinski definition) is 1. The standard InChI is InChI=1S/C14H21NO2/c1-3-17-14-9-11(2)6-7-13(14)15-12-5-4-8-16-10-12/h6-7,9,12,15H,3-5,8,10H2,1-2H3. The number of benzene rings is 1. The Kier molecular flexibility index (Phi) is 4.26. The molecule has 1 aliphatic heterocycles. The van der Waals surface area contributed by atoms with Crippen LogP contribution in [0.3, 0.4) is 0 Å². The van der Waals surface area contributed by atoms with Crippen LogP contribution in [-0.2, 0) is 4.74 Å². The van der Waals surface area contributed by atoms with Gasteiger partial charge in [0.05, 0.1) is 18.9 Å². The summed E-state index contributed by atoms with van der Waals surface area (Å²) in [7, 11) is 0. The van der Waals surface area contributed by atoms with E-state index in [0.717, 1.165) is 31.1 Å². The number of rotatable bonds is 4. The third kappa shape index (κ3) is 3.37. The van der Waals surface area contributed by atoms with Crippen LogP contribution in [0.4, 0.5) is 5.69 Å². The van der Waals surface area contributed by atoms with Gasteiger partial charge in [0.25, 0.3) is 0 Å². The van der Waals surface area contributed by atoms with E-state index < -0.39 is 0 Å². The second kappa shape index (κ2) is 5.92. The van der Waals surface area contributed by atoms with Gasteiger partial charge in [0.2, 0.25) is 0 Å². The normalized spacial score (nSPS) is 20.0. The molecule has 1 aromatic rings. The van der Waals surface area contributed by atoms with Crippen molar-refractivity contribution >= 4 is 5.69 Å². The lowest BCUT2D eigenvalue weighted by atomic mass is 10.1. The zero-order valence-electron chi connectivity index (χ0n) is 10.7. The van der Waals surface area contributed by atoms with E-state index in [4.69, 9.17) is 9.47 Å². The van der Waals surface area contributed by atoms with Crippen LogP contribution in [-0.4, -0.2) is 25.9 Å². The Morgan fingerprint density at radius 1 is 1.47 bits per heavy atom. The molecular weight excluding hydrogens is 214 g/mol. The molecule has 0 aliphatic carbocycles. The zero-order chi connectivity index (χ0) is 12.1. The molecule has 2 rings (SSSR count). The van der Waals surface area contributed by atoms with E-state index in [1.807, 2.05) is 6.92 Å². The molecule has 1 heterocycles. The molecule has 0 amide bonds. The Hall–Kier alpha value is -1.22. The Morgan fingerprint density at radius 3 is 3.06 bits per heavy atom. The van der Waals surface area contributed by atoms with E-state index in [-0.39, 0.29) is 0 Å². The van der Waals surface area contributed by atoms with Crippen molar-refractivity contribution in [2.75, 3.05) is 25.1 Å². The highest BCUT2D eigenvalue weighted by Crippen LogP contribution is 2.27. The van der Waals surface area contributed by atoms with Crippen LogP contribution in [0.5, 0.6) is 5.75 Å². The second-order valence-electron chi connectivity index (χ2n) is 4.49. The van der Waals surface area contributed by atoms with Crippen molar-refractivity contribution in [1.82, 2.24) is 0 Å². The molecule has 1 aromatic carbocycles. The monoisotopic (exact) mass is 235 g/mol. The van der Waals surface area contributed by atoms with Crippen LogP contribution in [0.15, 0.2) is 18.2 Å². The van der Waals surface area contributed by atoms with Crippen LogP contribution in [0.1, 0.15) is 25.3 Å². The van der Waals surface area contributed by atoms with Crippen LogP contribution in [0, 0.1) is 6.92 Å². The summed E-state index contributed by atoms with van der Waals surface area (Å²) in [6.45, 7) is 6.47. The molecule has 1 aliphatic rings. The quantitative estimate of drug-likeness (QED) is 0.870. The fourth-order valence-electron chi connectivity index (χ4n) is 2.10. The minimum absolute atomic E-state index is 0.408. The molecule has 3 heteroatoms. The molecule has 0 aromatic heterocycles. The van der Waals surface area contributed by atoms with Crippen molar-refractivity contribution in [3.05, 3.63) is 23.8 Å². The number of hydrogen-bond acceptors (Lipinski definition) is 3. The van der Waals surface area contributed by atoms with Gasteiger partial charge in [-0.2, -0.15) is 0 Å². The number of ether oxygens (including phenoxy) is 2. The first-order valence-corrected chi connectivity index (χ1v) is 6.37. The lowest BCUT2D eigenvalue weighted by Crippen LogP contribution is -2.30. The van der Waals surface area contributed by atoms with E-state index in [1.165, 1.54) is 12.0 Å². The highest BCUT2D eigenvalue weighted by molar-refractivity contribution is 5.58. The number of aryl methyl sites for hydroxylation is 1. The topological polar surface area (TPSA) is 30.5 Å². The molecule has 94 valence electrons. The zero-order valence-corrected chi connectivity index (χ0v) is 10.7. The first-order valence-electron chi connectivity index (χ1n) is 6.37. The van der Waals surface area contributed by atoms with Gasteiger partial charge in [-0.1, -0.05) is 6.07 Å². The summed E-state index contributed by atoms with van der Waals surface area (Å²) in [6.07, 6.45) is 2.30. The van der Waals surface area contributed by atoms with Crippen LogP contribution in [0.2, 0.25) is 0 Å². The van der Waals surface area contributed by atoms with Gasteiger partial charge < -0.3 is 14.8 Å². The molecule has 1 N–H and O–H groups in total. The summed E-state index contributed by atoms with van der Waals surface area (Å²) in [5.74, 6) is 0.943. The fraction of sp³-hybridized carbons (Fsp3) is 0.571. The molecule has 0 spiro atoms. The summed E-state index contributed by atoms with van der Waals surface area (Å²) in [5.41, 5.74) is 2.30. The first kappa shape index (κ1) is 12.2. The van der Waals surface area contributed by atoms with Gasteiger partial charge in [-0.3, -0.25) is 0 Å². The van der Waals surface area contributed by atoms with E-state index in [1.54, 1.807) is 0 Å². The van der Waals surface area contributed by atoms with Crippen molar-refractivity contribution < 1.29 is 9.47 Å². The van der Waals surface area contributed by atoms with Crippen molar-refractivity contribution in [3.63, 3.8) is 0 Å².